The van der Waals surface area contributed by atoms with Crippen LogP contribution in [0.4, 0.5) is 0 Å². The summed E-state index contributed by atoms with van der Waals surface area (Å²) < 4.78 is 0. The van der Waals surface area contributed by atoms with Crippen LogP contribution in [0.5, 0.6) is 0 Å². The Kier molecular flexibility index (Phi) is 1.55. The summed E-state index contributed by atoms with van der Waals surface area (Å²) in [4.78, 5) is 3.96. The maximum atomic E-state index is 5.09. The second-order valence-corrected chi connectivity index (χ2v) is 1.87. The number of hydrogen-bond donors (Lipinski definition) is 0. The van der Waals surface area contributed by atoms with Gasteiger partial charge < -0.3 is 0 Å². The molecule has 0 unspecified atom stereocenters. The Balaban J connectivity index is 3.06. The Hall–Kier alpha value is -1.23. The quantitative estimate of drug-likeness (QED) is 0.322. The van der Waals surface area contributed by atoms with Crippen molar-refractivity contribution in [2.75, 3.05) is 0 Å². The van der Waals surface area contributed by atoms with Gasteiger partial charge in [0.05, 0.1) is 0 Å². The largest absolute Gasteiger partial charge is 0.248 e. The van der Waals surface area contributed by atoms with Gasteiger partial charge in [0.1, 0.15) is 13.5 Å². The van der Waals surface area contributed by atoms with Gasteiger partial charge in [-0.3, -0.25) is 0 Å². The molecule has 1 heterocycles. The Bertz CT molecular complexity index is 232. The second kappa shape index (κ2) is 2.36. The van der Waals surface area contributed by atoms with Crippen molar-refractivity contribution >= 4 is 13.3 Å². The van der Waals surface area contributed by atoms with Crippen molar-refractivity contribution in [3.8, 4) is 12.3 Å². The van der Waals surface area contributed by atoms with Gasteiger partial charge in [0.2, 0.25) is 0 Å². The van der Waals surface area contributed by atoms with E-state index in [2.05, 4.69) is 10.9 Å². The summed E-state index contributed by atoms with van der Waals surface area (Å²) in [6, 6.07) is 3.78. The zero-order chi connectivity index (χ0) is 6.69. The molecule has 1 aromatic heterocycles. The third-order valence-corrected chi connectivity index (χ3v) is 1.06. The SMILES string of the molecule is Bc1ccc(C#C)nc1. The standard InChI is InChI=1S/C7H6BN/c1-2-7-4-3-6(8)5-9-7/h1,3-5H,8H2. The lowest BCUT2D eigenvalue weighted by Crippen LogP contribution is -2.01. The fourth-order valence-corrected chi connectivity index (χ4v) is 0.553. The van der Waals surface area contributed by atoms with Crippen LogP contribution in [0, 0.1) is 12.3 Å². The van der Waals surface area contributed by atoms with Crippen LogP contribution in [0.1, 0.15) is 5.69 Å². The number of terminal acetylenes is 1. The molecule has 0 fully saturated rings. The molecular weight excluding hydrogens is 109 g/mol. The van der Waals surface area contributed by atoms with Gasteiger partial charge in [-0.15, -0.1) is 6.42 Å². The molecule has 0 saturated heterocycles. The summed E-state index contributed by atoms with van der Waals surface area (Å²) >= 11 is 0. The number of hydrogen-bond acceptors (Lipinski definition) is 1. The van der Waals surface area contributed by atoms with Crippen LogP contribution in [0.15, 0.2) is 18.3 Å². The summed E-state index contributed by atoms with van der Waals surface area (Å²) in [7, 11) is 1.98. The van der Waals surface area contributed by atoms with Crippen molar-refractivity contribution < 1.29 is 0 Å². The Labute approximate surface area is 55.5 Å². The van der Waals surface area contributed by atoms with E-state index in [9.17, 15) is 0 Å². The fourth-order valence-electron chi connectivity index (χ4n) is 0.553. The van der Waals surface area contributed by atoms with E-state index in [0.29, 0.717) is 5.69 Å². The van der Waals surface area contributed by atoms with Crippen LogP contribution >= 0.6 is 0 Å². The summed E-state index contributed by atoms with van der Waals surface area (Å²) in [5.74, 6) is 2.44. The van der Waals surface area contributed by atoms with Gasteiger partial charge >= 0.3 is 0 Å². The fraction of sp³-hybridized carbons (Fsp3) is 0. The zero-order valence-corrected chi connectivity index (χ0v) is 5.26. The van der Waals surface area contributed by atoms with Crippen LogP contribution < -0.4 is 5.46 Å². The Morgan fingerprint density at radius 2 is 2.33 bits per heavy atom. The van der Waals surface area contributed by atoms with E-state index in [-0.39, 0.29) is 0 Å². The van der Waals surface area contributed by atoms with E-state index in [1.165, 1.54) is 0 Å². The molecule has 0 atom stereocenters. The number of pyridine rings is 1. The van der Waals surface area contributed by atoms with Gasteiger partial charge in [-0.25, -0.2) is 4.98 Å². The highest BCUT2D eigenvalue weighted by molar-refractivity contribution is 6.32. The molecule has 0 aliphatic heterocycles. The minimum atomic E-state index is 0.695. The second-order valence-electron chi connectivity index (χ2n) is 1.87. The molecule has 0 aliphatic carbocycles. The molecule has 0 spiro atoms. The van der Waals surface area contributed by atoms with Gasteiger partial charge in [0, 0.05) is 6.20 Å². The third kappa shape index (κ3) is 1.33. The lowest BCUT2D eigenvalue weighted by Gasteiger charge is -1.88. The molecule has 2 heteroatoms. The van der Waals surface area contributed by atoms with Crippen LogP contribution in [0.3, 0.4) is 0 Å². The zero-order valence-electron chi connectivity index (χ0n) is 5.26. The average Bonchev–Trinajstić information content (AvgIpc) is 1.90. The van der Waals surface area contributed by atoms with Gasteiger partial charge in [0.15, 0.2) is 0 Å². The average molecular weight is 115 g/mol. The van der Waals surface area contributed by atoms with E-state index < -0.39 is 0 Å². The van der Waals surface area contributed by atoms with E-state index in [4.69, 9.17) is 6.42 Å². The highest BCUT2D eigenvalue weighted by atomic mass is 14.6. The van der Waals surface area contributed by atoms with Crippen molar-refractivity contribution in [1.82, 2.24) is 4.98 Å². The lowest BCUT2D eigenvalue weighted by molar-refractivity contribution is 1.31. The summed E-state index contributed by atoms with van der Waals surface area (Å²) in [6.45, 7) is 0. The first-order chi connectivity index (χ1) is 4.33. The monoisotopic (exact) mass is 115 g/mol. The summed E-state index contributed by atoms with van der Waals surface area (Å²) in [5, 5.41) is 0. The topological polar surface area (TPSA) is 12.9 Å². The minimum Gasteiger partial charge on any atom is -0.248 e. The first kappa shape index (κ1) is 5.90. The molecule has 0 aliphatic rings. The predicted molar refractivity (Wildman–Crippen MR) is 40.4 cm³/mol. The van der Waals surface area contributed by atoms with Crippen LogP contribution in [0.2, 0.25) is 0 Å². The summed E-state index contributed by atoms with van der Waals surface area (Å²) in [6.07, 6.45) is 6.85. The molecule has 1 rings (SSSR count). The lowest BCUT2D eigenvalue weighted by atomic mass is 9.99. The van der Waals surface area contributed by atoms with Gasteiger partial charge in [-0.2, -0.15) is 0 Å². The number of rotatable bonds is 0. The van der Waals surface area contributed by atoms with Crippen molar-refractivity contribution in [1.29, 1.82) is 0 Å². The molecule has 0 N–H and O–H groups in total. The third-order valence-electron chi connectivity index (χ3n) is 1.06. The van der Waals surface area contributed by atoms with E-state index >= 15 is 0 Å². The number of nitrogens with zero attached hydrogens (tertiary/aromatic N) is 1. The highest BCUT2D eigenvalue weighted by Gasteiger charge is 1.84. The maximum Gasteiger partial charge on any atom is 0.141 e. The van der Waals surface area contributed by atoms with Crippen LogP contribution in [-0.4, -0.2) is 12.8 Å². The minimum absolute atomic E-state index is 0.695. The van der Waals surface area contributed by atoms with Crippen LogP contribution in [-0.2, 0) is 0 Å². The molecule has 0 amide bonds. The molecule has 0 bridgehead atoms. The van der Waals surface area contributed by atoms with Crippen molar-refractivity contribution in [2.24, 2.45) is 0 Å². The van der Waals surface area contributed by atoms with Crippen molar-refractivity contribution in [3.63, 3.8) is 0 Å². The Morgan fingerprint density at radius 1 is 1.56 bits per heavy atom. The Morgan fingerprint density at radius 3 is 2.78 bits per heavy atom. The highest BCUT2D eigenvalue weighted by Crippen LogP contribution is 1.84. The molecule has 1 aromatic rings. The van der Waals surface area contributed by atoms with Gasteiger partial charge in [-0.1, -0.05) is 17.4 Å². The smallest absolute Gasteiger partial charge is 0.141 e. The molecule has 0 saturated carbocycles. The van der Waals surface area contributed by atoms with Crippen molar-refractivity contribution in [2.45, 2.75) is 0 Å². The number of aromatic nitrogens is 1. The first-order valence-corrected chi connectivity index (χ1v) is 2.72. The molecular formula is C7H6BN. The van der Waals surface area contributed by atoms with E-state index in [0.717, 1.165) is 5.46 Å². The first-order valence-electron chi connectivity index (χ1n) is 2.72. The van der Waals surface area contributed by atoms with E-state index in [1.54, 1.807) is 6.20 Å². The molecule has 9 heavy (non-hydrogen) atoms. The van der Waals surface area contributed by atoms with Crippen molar-refractivity contribution in [3.05, 3.63) is 24.0 Å². The predicted octanol–water partition coefficient (Wildman–Crippen LogP) is -0.679. The van der Waals surface area contributed by atoms with Gasteiger partial charge in [-0.05, 0) is 6.07 Å². The normalized spacial score (nSPS) is 8.33. The molecule has 42 valence electrons. The van der Waals surface area contributed by atoms with Crippen LogP contribution in [0.25, 0.3) is 0 Å². The van der Waals surface area contributed by atoms with E-state index in [1.807, 2.05) is 20.0 Å². The summed E-state index contributed by atoms with van der Waals surface area (Å²) in [5.41, 5.74) is 1.83. The molecule has 1 nitrogen and oxygen atoms in total. The molecule has 0 radical (unpaired) electrons. The molecule has 0 aromatic carbocycles. The maximum absolute atomic E-state index is 5.09. The van der Waals surface area contributed by atoms with Gasteiger partial charge in [0.25, 0.3) is 0 Å².